The van der Waals surface area contributed by atoms with Gasteiger partial charge in [0.25, 0.3) is 0 Å². The number of furan rings is 1. The molecule has 1 unspecified atom stereocenters. The molecule has 1 rings (SSSR count). The molecule has 0 aromatic carbocycles. The highest BCUT2D eigenvalue weighted by Gasteiger charge is 2.13. The van der Waals surface area contributed by atoms with Crippen LogP contribution < -0.4 is 5.32 Å². The molecule has 0 fully saturated rings. The minimum absolute atomic E-state index is 0.00535. The molecule has 0 bridgehead atoms. The van der Waals surface area contributed by atoms with Crippen LogP contribution in [0.5, 0.6) is 0 Å². The van der Waals surface area contributed by atoms with Crippen molar-refractivity contribution in [3.05, 3.63) is 23.2 Å². The Bertz CT molecular complexity index is 371. The van der Waals surface area contributed by atoms with Gasteiger partial charge in [0.2, 0.25) is 5.76 Å². The van der Waals surface area contributed by atoms with E-state index in [1.54, 1.807) is 19.9 Å². The van der Waals surface area contributed by atoms with Crippen molar-refractivity contribution in [1.29, 1.82) is 0 Å². The number of aromatic carboxylic acids is 1. The Balaban J connectivity index is 2.32. The SMILES string of the molecule is Cc1cc(CNCCCC(C)O)oc1C(=O)O. The first kappa shape index (κ1) is 13.7. The Morgan fingerprint density at radius 2 is 2.29 bits per heavy atom. The fraction of sp³-hybridized carbons (Fsp3) is 0.583. The topological polar surface area (TPSA) is 82.7 Å². The van der Waals surface area contributed by atoms with Crippen LogP contribution in [0.2, 0.25) is 0 Å². The number of hydrogen-bond acceptors (Lipinski definition) is 4. The normalized spacial score (nSPS) is 12.6. The van der Waals surface area contributed by atoms with E-state index in [1.807, 2.05) is 0 Å². The standard InChI is InChI=1S/C12H19NO4/c1-8-6-10(17-11(8)12(15)16)7-13-5-3-4-9(2)14/h6,9,13-14H,3-5,7H2,1-2H3,(H,15,16). The summed E-state index contributed by atoms with van der Waals surface area (Å²) in [5, 5.41) is 21.0. The Morgan fingerprint density at radius 1 is 1.59 bits per heavy atom. The second-order valence-electron chi connectivity index (χ2n) is 4.20. The summed E-state index contributed by atoms with van der Waals surface area (Å²) in [7, 11) is 0. The molecule has 1 atom stereocenters. The highest BCUT2D eigenvalue weighted by Crippen LogP contribution is 2.14. The van der Waals surface area contributed by atoms with Gasteiger partial charge in [-0.1, -0.05) is 0 Å². The summed E-state index contributed by atoms with van der Waals surface area (Å²) in [4.78, 5) is 10.7. The zero-order chi connectivity index (χ0) is 12.8. The van der Waals surface area contributed by atoms with Crippen molar-refractivity contribution in [2.75, 3.05) is 6.54 Å². The molecule has 5 heteroatoms. The first-order valence-electron chi connectivity index (χ1n) is 5.72. The predicted octanol–water partition coefficient (Wildman–Crippen LogP) is 1.54. The van der Waals surface area contributed by atoms with Gasteiger partial charge in [-0.3, -0.25) is 0 Å². The molecule has 96 valence electrons. The lowest BCUT2D eigenvalue weighted by atomic mass is 10.2. The fourth-order valence-corrected chi connectivity index (χ4v) is 1.58. The smallest absolute Gasteiger partial charge is 0.372 e. The van der Waals surface area contributed by atoms with E-state index in [-0.39, 0.29) is 11.9 Å². The molecule has 1 aromatic rings. The van der Waals surface area contributed by atoms with Crippen molar-refractivity contribution >= 4 is 5.97 Å². The number of rotatable bonds is 7. The quantitative estimate of drug-likeness (QED) is 0.631. The summed E-state index contributed by atoms with van der Waals surface area (Å²) in [5.41, 5.74) is 0.637. The molecule has 1 aromatic heterocycles. The molecular formula is C12H19NO4. The minimum Gasteiger partial charge on any atom is -0.475 e. The van der Waals surface area contributed by atoms with Crippen molar-refractivity contribution < 1.29 is 19.4 Å². The van der Waals surface area contributed by atoms with Gasteiger partial charge in [-0.2, -0.15) is 0 Å². The van der Waals surface area contributed by atoms with Crippen LogP contribution in [0.25, 0.3) is 0 Å². The number of hydrogen-bond donors (Lipinski definition) is 3. The zero-order valence-corrected chi connectivity index (χ0v) is 10.2. The lowest BCUT2D eigenvalue weighted by Gasteiger charge is -2.04. The first-order chi connectivity index (χ1) is 8.00. The highest BCUT2D eigenvalue weighted by molar-refractivity contribution is 5.86. The predicted molar refractivity (Wildman–Crippen MR) is 63.0 cm³/mol. The Labute approximate surface area is 100 Å². The monoisotopic (exact) mass is 241 g/mol. The van der Waals surface area contributed by atoms with E-state index in [2.05, 4.69) is 5.32 Å². The molecule has 1 heterocycles. The van der Waals surface area contributed by atoms with Crippen LogP contribution in [-0.4, -0.2) is 28.8 Å². The lowest BCUT2D eigenvalue weighted by Crippen LogP contribution is -2.15. The van der Waals surface area contributed by atoms with Crippen molar-refractivity contribution in [3.63, 3.8) is 0 Å². The summed E-state index contributed by atoms with van der Waals surface area (Å²) in [6, 6.07) is 1.73. The maximum absolute atomic E-state index is 10.7. The average Bonchev–Trinajstić information content (AvgIpc) is 2.59. The van der Waals surface area contributed by atoms with Crippen molar-refractivity contribution in [1.82, 2.24) is 5.32 Å². The molecular weight excluding hydrogens is 222 g/mol. The third-order valence-electron chi connectivity index (χ3n) is 2.44. The molecule has 5 nitrogen and oxygen atoms in total. The van der Waals surface area contributed by atoms with Gasteiger partial charge < -0.3 is 19.9 Å². The molecule has 0 saturated heterocycles. The lowest BCUT2D eigenvalue weighted by molar-refractivity contribution is 0.0659. The Kier molecular flexibility index (Phi) is 5.18. The van der Waals surface area contributed by atoms with Crippen molar-refractivity contribution in [2.45, 2.75) is 39.3 Å². The molecule has 0 saturated carbocycles. The average molecular weight is 241 g/mol. The van der Waals surface area contributed by atoms with Gasteiger partial charge in [-0.25, -0.2) is 4.79 Å². The number of aryl methyl sites for hydroxylation is 1. The van der Waals surface area contributed by atoms with E-state index in [0.717, 1.165) is 19.4 Å². The van der Waals surface area contributed by atoms with E-state index in [4.69, 9.17) is 14.6 Å². The Morgan fingerprint density at radius 3 is 2.82 bits per heavy atom. The van der Waals surface area contributed by atoms with Crippen LogP contribution in [0.3, 0.4) is 0 Å². The highest BCUT2D eigenvalue weighted by atomic mass is 16.4. The van der Waals surface area contributed by atoms with Gasteiger partial charge in [0.05, 0.1) is 12.6 Å². The van der Waals surface area contributed by atoms with Gasteiger partial charge >= 0.3 is 5.97 Å². The number of carbonyl (C=O) groups is 1. The van der Waals surface area contributed by atoms with Gasteiger partial charge in [0.1, 0.15) is 5.76 Å². The first-order valence-corrected chi connectivity index (χ1v) is 5.72. The van der Waals surface area contributed by atoms with Crippen LogP contribution in [0.1, 0.15) is 41.6 Å². The van der Waals surface area contributed by atoms with Crippen molar-refractivity contribution in [3.8, 4) is 0 Å². The number of carboxylic acid groups (broad SMARTS) is 1. The van der Waals surface area contributed by atoms with Crippen LogP contribution in [-0.2, 0) is 6.54 Å². The van der Waals surface area contributed by atoms with Crippen LogP contribution in [0.15, 0.2) is 10.5 Å². The number of aliphatic hydroxyl groups excluding tert-OH is 1. The number of carboxylic acids is 1. The van der Waals surface area contributed by atoms with Crippen LogP contribution in [0.4, 0.5) is 0 Å². The molecule has 3 N–H and O–H groups in total. The fourth-order valence-electron chi connectivity index (χ4n) is 1.58. The summed E-state index contributed by atoms with van der Waals surface area (Å²) < 4.78 is 5.19. The summed E-state index contributed by atoms with van der Waals surface area (Å²) in [6.45, 7) is 4.75. The molecule has 0 aliphatic carbocycles. The minimum atomic E-state index is -1.04. The third-order valence-corrected chi connectivity index (χ3v) is 2.44. The third kappa shape index (κ3) is 4.58. The van der Waals surface area contributed by atoms with E-state index in [0.29, 0.717) is 17.9 Å². The van der Waals surface area contributed by atoms with E-state index in [1.165, 1.54) is 0 Å². The van der Waals surface area contributed by atoms with E-state index in [9.17, 15) is 4.79 Å². The second kappa shape index (κ2) is 6.42. The maximum Gasteiger partial charge on any atom is 0.372 e. The van der Waals surface area contributed by atoms with Gasteiger partial charge in [0.15, 0.2) is 0 Å². The van der Waals surface area contributed by atoms with Crippen LogP contribution in [0, 0.1) is 6.92 Å². The molecule has 0 radical (unpaired) electrons. The molecule has 0 amide bonds. The van der Waals surface area contributed by atoms with Gasteiger partial charge in [0, 0.05) is 5.56 Å². The molecule has 0 spiro atoms. The summed E-state index contributed by atoms with van der Waals surface area (Å²) >= 11 is 0. The number of nitrogens with one attached hydrogen (secondary N) is 1. The van der Waals surface area contributed by atoms with Gasteiger partial charge in [-0.15, -0.1) is 0 Å². The Hall–Kier alpha value is -1.33. The van der Waals surface area contributed by atoms with Crippen LogP contribution >= 0.6 is 0 Å². The molecule has 0 aliphatic heterocycles. The number of aliphatic hydroxyl groups is 1. The summed E-state index contributed by atoms with van der Waals surface area (Å²) in [5.74, 6) is -0.411. The summed E-state index contributed by atoms with van der Waals surface area (Å²) in [6.07, 6.45) is 1.36. The maximum atomic E-state index is 10.7. The van der Waals surface area contributed by atoms with E-state index >= 15 is 0 Å². The van der Waals surface area contributed by atoms with Crippen molar-refractivity contribution in [2.24, 2.45) is 0 Å². The van der Waals surface area contributed by atoms with E-state index < -0.39 is 5.97 Å². The second-order valence-corrected chi connectivity index (χ2v) is 4.20. The molecule has 0 aliphatic rings. The zero-order valence-electron chi connectivity index (χ0n) is 10.2. The van der Waals surface area contributed by atoms with Gasteiger partial charge in [-0.05, 0) is 39.3 Å². The largest absolute Gasteiger partial charge is 0.475 e. The molecule has 17 heavy (non-hydrogen) atoms.